The number of nitrogens with zero attached hydrogens (tertiary/aromatic N) is 2. The van der Waals surface area contributed by atoms with Crippen LogP contribution in [0.3, 0.4) is 0 Å². The number of hydrogen-bond donors (Lipinski definition) is 1. The summed E-state index contributed by atoms with van der Waals surface area (Å²) in [6.07, 6.45) is -0.581. The molecule has 1 amide bonds. The van der Waals surface area contributed by atoms with E-state index in [2.05, 4.69) is 0 Å². The van der Waals surface area contributed by atoms with Gasteiger partial charge in [-0.25, -0.2) is 17.2 Å². The molecule has 0 saturated heterocycles. The summed E-state index contributed by atoms with van der Waals surface area (Å²) in [4.78, 5) is 13.9. The number of aliphatic hydroxyl groups is 1. The molecule has 0 aromatic heterocycles. The van der Waals surface area contributed by atoms with Crippen LogP contribution in [0, 0.1) is 17.6 Å². The van der Waals surface area contributed by atoms with E-state index in [0.717, 1.165) is 16.4 Å². The van der Waals surface area contributed by atoms with E-state index < -0.39 is 52.2 Å². The van der Waals surface area contributed by atoms with E-state index in [9.17, 15) is 27.1 Å². The number of methoxy groups -OCH3 is 1. The molecule has 0 bridgehead atoms. The smallest absolute Gasteiger partial charge is 0.256 e. The van der Waals surface area contributed by atoms with Crippen LogP contribution < -0.4 is 0 Å². The van der Waals surface area contributed by atoms with Gasteiger partial charge in [0.15, 0.2) is 0 Å². The maximum Gasteiger partial charge on any atom is 0.256 e. The average Bonchev–Trinajstić information content (AvgIpc) is 2.80. The molecule has 0 aliphatic heterocycles. The lowest BCUT2D eigenvalue weighted by Gasteiger charge is -2.33. The van der Waals surface area contributed by atoms with Crippen molar-refractivity contribution in [2.75, 3.05) is 33.9 Å². The zero-order valence-corrected chi connectivity index (χ0v) is 19.9. The van der Waals surface area contributed by atoms with Gasteiger partial charge in [-0.1, -0.05) is 19.1 Å². The van der Waals surface area contributed by atoms with Crippen LogP contribution in [0.15, 0.2) is 53.4 Å². The van der Waals surface area contributed by atoms with Gasteiger partial charge in [-0.15, -0.1) is 0 Å². The summed E-state index contributed by atoms with van der Waals surface area (Å²) in [6.45, 7) is 2.96. The number of likely N-dealkylation sites (N-methyl/N-ethyl adjacent to an activating group) is 1. The summed E-state index contributed by atoms with van der Waals surface area (Å²) >= 11 is 0. The largest absolute Gasteiger partial charge is 0.395 e. The summed E-state index contributed by atoms with van der Waals surface area (Å²) in [5.41, 5.74) is -0.0723. The predicted molar refractivity (Wildman–Crippen MR) is 120 cm³/mol. The van der Waals surface area contributed by atoms with Gasteiger partial charge in [0, 0.05) is 33.3 Å². The summed E-state index contributed by atoms with van der Waals surface area (Å²) in [6, 6.07) is 9.34. The Labute approximate surface area is 193 Å². The molecule has 0 aliphatic rings. The minimum absolute atomic E-state index is 0.0261. The number of hydrogen-bond acceptors (Lipinski definition) is 5. The highest BCUT2D eigenvalue weighted by Crippen LogP contribution is 2.22. The van der Waals surface area contributed by atoms with Crippen molar-refractivity contribution in [3.63, 3.8) is 0 Å². The van der Waals surface area contributed by atoms with Crippen molar-refractivity contribution in [2.45, 2.75) is 30.9 Å². The van der Waals surface area contributed by atoms with E-state index in [1.165, 1.54) is 49.4 Å². The predicted octanol–water partition coefficient (Wildman–Crippen LogP) is 2.76. The molecule has 3 atom stereocenters. The van der Waals surface area contributed by atoms with Crippen LogP contribution >= 0.6 is 0 Å². The fraction of sp³-hybridized carbons (Fsp3) is 0.435. The first-order valence-corrected chi connectivity index (χ1v) is 11.9. The van der Waals surface area contributed by atoms with E-state index in [-0.39, 0.29) is 23.5 Å². The van der Waals surface area contributed by atoms with Crippen LogP contribution in [0.1, 0.15) is 24.2 Å². The second-order valence-corrected chi connectivity index (χ2v) is 9.87. The summed E-state index contributed by atoms with van der Waals surface area (Å²) in [5, 5.41) is 9.65. The molecule has 2 rings (SSSR count). The molecule has 1 N–H and O–H groups in total. The Morgan fingerprint density at radius 1 is 1.06 bits per heavy atom. The first-order valence-electron chi connectivity index (χ1n) is 10.4. The van der Waals surface area contributed by atoms with Crippen LogP contribution in [-0.4, -0.2) is 74.6 Å². The van der Waals surface area contributed by atoms with Crippen molar-refractivity contribution >= 4 is 15.9 Å². The van der Waals surface area contributed by atoms with Gasteiger partial charge in [0.2, 0.25) is 10.0 Å². The third-order valence-corrected chi connectivity index (χ3v) is 7.48. The van der Waals surface area contributed by atoms with Crippen LogP contribution in [-0.2, 0) is 14.8 Å². The molecule has 0 spiro atoms. The number of sulfonamides is 1. The second kappa shape index (κ2) is 11.6. The summed E-state index contributed by atoms with van der Waals surface area (Å²) < 4.78 is 60.3. The van der Waals surface area contributed by atoms with Crippen molar-refractivity contribution in [2.24, 2.45) is 5.92 Å². The molecule has 7 nitrogen and oxygen atoms in total. The van der Waals surface area contributed by atoms with Gasteiger partial charge in [0.25, 0.3) is 5.91 Å². The van der Waals surface area contributed by atoms with E-state index in [1.807, 2.05) is 0 Å². The van der Waals surface area contributed by atoms with Gasteiger partial charge in [0.1, 0.15) is 11.6 Å². The fourth-order valence-corrected chi connectivity index (χ4v) is 5.15. The van der Waals surface area contributed by atoms with Gasteiger partial charge in [-0.3, -0.25) is 4.79 Å². The first-order chi connectivity index (χ1) is 15.5. The maximum atomic E-state index is 14.0. The molecular formula is C23H30F2N2O5S. The van der Waals surface area contributed by atoms with Crippen molar-refractivity contribution in [1.29, 1.82) is 0 Å². The van der Waals surface area contributed by atoms with Crippen molar-refractivity contribution in [1.82, 2.24) is 9.21 Å². The number of amides is 1. The second-order valence-electron chi connectivity index (χ2n) is 7.98. The highest BCUT2D eigenvalue weighted by molar-refractivity contribution is 7.89. The lowest BCUT2D eigenvalue weighted by molar-refractivity contribution is 0.0220. The molecule has 2 aromatic rings. The van der Waals surface area contributed by atoms with E-state index in [0.29, 0.717) is 0 Å². The Bertz CT molecular complexity index is 1030. The lowest BCUT2D eigenvalue weighted by Crippen LogP contribution is -2.47. The van der Waals surface area contributed by atoms with Gasteiger partial charge in [-0.2, -0.15) is 4.31 Å². The molecule has 2 aromatic carbocycles. The van der Waals surface area contributed by atoms with E-state index in [1.54, 1.807) is 19.9 Å². The van der Waals surface area contributed by atoms with Gasteiger partial charge >= 0.3 is 0 Å². The molecule has 0 heterocycles. The molecule has 33 heavy (non-hydrogen) atoms. The quantitative estimate of drug-likeness (QED) is 0.530. The summed E-state index contributed by atoms with van der Waals surface area (Å²) in [5.74, 6) is -2.13. The standard InChI is InChI=1S/C23H30F2N2O5S/c1-16(22(32-4)14-26(3)23(29)20-7-5-6-8-21(20)25)13-27(17(2)15-28)33(30,31)19-11-9-18(24)10-12-19/h5-12,16-17,22,28H,13-15H2,1-4H3/t16-,17+,22+/m1/s1. The van der Waals surface area contributed by atoms with Gasteiger partial charge in [-0.05, 0) is 49.2 Å². The Balaban J connectivity index is 2.21. The molecule has 0 unspecified atom stereocenters. The minimum atomic E-state index is -4.04. The van der Waals surface area contributed by atoms with E-state index in [4.69, 9.17) is 4.74 Å². The number of aliphatic hydroxyl groups excluding tert-OH is 1. The third kappa shape index (κ3) is 6.57. The molecule has 0 fully saturated rings. The van der Waals surface area contributed by atoms with E-state index >= 15 is 0 Å². The lowest BCUT2D eigenvalue weighted by atomic mass is 10.0. The first kappa shape index (κ1) is 26.8. The number of ether oxygens (including phenoxy) is 1. The van der Waals surface area contributed by atoms with Crippen LogP contribution in [0.5, 0.6) is 0 Å². The minimum Gasteiger partial charge on any atom is -0.395 e. The maximum absolute atomic E-state index is 14.0. The Hall–Kier alpha value is -2.40. The molecule has 0 radical (unpaired) electrons. The monoisotopic (exact) mass is 484 g/mol. The van der Waals surface area contributed by atoms with Crippen LogP contribution in [0.4, 0.5) is 8.78 Å². The topological polar surface area (TPSA) is 87.2 Å². The Morgan fingerprint density at radius 3 is 2.21 bits per heavy atom. The Morgan fingerprint density at radius 2 is 1.67 bits per heavy atom. The molecule has 10 heteroatoms. The number of carbonyl (C=O) groups excluding carboxylic acids is 1. The average molecular weight is 485 g/mol. The zero-order valence-electron chi connectivity index (χ0n) is 19.1. The number of rotatable bonds is 11. The normalized spacial score (nSPS) is 14.7. The van der Waals surface area contributed by atoms with Crippen LogP contribution in [0.2, 0.25) is 0 Å². The highest BCUT2D eigenvalue weighted by atomic mass is 32.2. The number of benzene rings is 2. The van der Waals surface area contributed by atoms with Gasteiger partial charge < -0.3 is 14.7 Å². The zero-order chi connectivity index (χ0) is 24.8. The molecular weight excluding hydrogens is 454 g/mol. The summed E-state index contributed by atoms with van der Waals surface area (Å²) in [7, 11) is -1.09. The third-order valence-electron chi connectivity index (χ3n) is 5.49. The van der Waals surface area contributed by atoms with Gasteiger partial charge in [0.05, 0.1) is 23.2 Å². The van der Waals surface area contributed by atoms with Crippen molar-refractivity contribution in [3.05, 3.63) is 65.7 Å². The number of carbonyl (C=O) groups is 1. The van der Waals surface area contributed by atoms with Crippen LogP contribution in [0.25, 0.3) is 0 Å². The fourth-order valence-electron chi connectivity index (χ4n) is 3.43. The SMILES string of the molecule is CO[C@@H](CN(C)C(=O)c1ccccc1F)[C@H](C)CN([C@@H](C)CO)S(=O)(=O)c1ccc(F)cc1. The Kier molecular flexibility index (Phi) is 9.47. The highest BCUT2D eigenvalue weighted by Gasteiger charge is 2.33. The molecule has 0 saturated carbocycles. The molecule has 182 valence electrons. The van der Waals surface area contributed by atoms with Crippen molar-refractivity contribution < 1.29 is 31.8 Å². The van der Waals surface area contributed by atoms with Crippen molar-refractivity contribution in [3.8, 4) is 0 Å². The number of halogens is 2. The molecule has 0 aliphatic carbocycles.